The maximum absolute atomic E-state index is 6.24. The second kappa shape index (κ2) is 3.79. The standard InChI is InChI=1S/C11H14ClNO/c1-13-6-5-8-3-4-10(14-2)11(12)9(8)7-13/h3-4H,5-7H2,1-2H3. The summed E-state index contributed by atoms with van der Waals surface area (Å²) >= 11 is 6.24. The lowest BCUT2D eigenvalue weighted by Crippen LogP contribution is -2.26. The Balaban J connectivity index is 2.45. The molecule has 0 radical (unpaired) electrons. The van der Waals surface area contributed by atoms with Crippen molar-refractivity contribution in [1.82, 2.24) is 4.90 Å². The van der Waals surface area contributed by atoms with Crippen molar-refractivity contribution in [2.24, 2.45) is 0 Å². The number of halogens is 1. The Hall–Kier alpha value is -0.730. The number of fused-ring (bicyclic) bond motifs is 1. The van der Waals surface area contributed by atoms with Crippen LogP contribution in [0.15, 0.2) is 12.1 Å². The van der Waals surface area contributed by atoms with E-state index in [1.54, 1.807) is 7.11 Å². The minimum Gasteiger partial charge on any atom is -0.495 e. The summed E-state index contributed by atoms with van der Waals surface area (Å²) in [6, 6.07) is 4.07. The third kappa shape index (κ3) is 1.60. The lowest BCUT2D eigenvalue weighted by molar-refractivity contribution is 0.311. The highest BCUT2D eigenvalue weighted by Gasteiger charge is 2.18. The van der Waals surface area contributed by atoms with Gasteiger partial charge in [-0.25, -0.2) is 0 Å². The van der Waals surface area contributed by atoms with Crippen LogP contribution in [-0.4, -0.2) is 25.6 Å². The number of benzene rings is 1. The number of hydrogen-bond donors (Lipinski definition) is 0. The summed E-state index contributed by atoms with van der Waals surface area (Å²) in [5.74, 6) is 0.778. The fourth-order valence-corrected chi connectivity index (χ4v) is 2.18. The van der Waals surface area contributed by atoms with Crippen molar-refractivity contribution in [2.45, 2.75) is 13.0 Å². The van der Waals surface area contributed by atoms with Gasteiger partial charge in [0.2, 0.25) is 0 Å². The van der Waals surface area contributed by atoms with E-state index < -0.39 is 0 Å². The minimum atomic E-state index is 0.775. The van der Waals surface area contributed by atoms with Gasteiger partial charge in [0.15, 0.2) is 0 Å². The summed E-state index contributed by atoms with van der Waals surface area (Å²) in [6.07, 6.45) is 1.08. The van der Waals surface area contributed by atoms with Gasteiger partial charge in [-0.3, -0.25) is 0 Å². The van der Waals surface area contributed by atoms with E-state index in [2.05, 4.69) is 18.0 Å². The third-order valence-electron chi connectivity index (χ3n) is 2.72. The van der Waals surface area contributed by atoms with Crippen LogP contribution >= 0.6 is 11.6 Å². The molecule has 14 heavy (non-hydrogen) atoms. The average molecular weight is 212 g/mol. The molecule has 0 aromatic heterocycles. The van der Waals surface area contributed by atoms with Crippen LogP contribution in [0.2, 0.25) is 5.02 Å². The summed E-state index contributed by atoms with van der Waals surface area (Å²) in [5, 5.41) is 0.775. The van der Waals surface area contributed by atoms with Crippen molar-refractivity contribution < 1.29 is 4.74 Å². The van der Waals surface area contributed by atoms with Crippen LogP contribution in [0.4, 0.5) is 0 Å². The van der Waals surface area contributed by atoms with Gasteiger partial charge in [-0.15, -0.1) is 0 Å². The molecule has 0 amide bonds. The smallest absolute Gasteiger partial charge is 0.137 e. The van der Waals surface area contributed by atoms with E-state index in [1.165, 1.54) is 11.1 Å². The van der Waals surface area contributed by atoms with E-state index in [9.17, 15) is 0 Å². The van der Waals surface area contributed by atoms with Crippen molar-refractivity contribution in [3.63, 3.8) is 0 Å². The molecule has 1 aromatic carbocycles. The molecule has 0 saturated heterocycles. The van der Waals surface area contributed by atoms with E-state index >= 15 is 0 Å². The second-order valence-electron chi connectivity index (χ2n) is 3.71. The molecule has 0 spiro atoms. The molecule has 0 saturated carbocycles. The normalized spacial score (nSPS) is 16.5. The van der Waals surface area contributed by atoms with Crippen LogP contribution in [0.3, 0.4) is 0 Å². The summed E-state index contributed by atoms with van der Waals surface area (Å²) in [7, 11) is 3.76. The SMILES string of the molecule is COc1ccc2c(c1Cl)CN(C)CC2. The van der Waals surface area contributed by atoms with Gasteiger partial charge in [-0.1, -0.05) is 17.7 Å². The Labute approximate surface area is 89.4 Å². The zero-order chi connectivity index (χ0) is 10.1. The van der Waals surface area contributed by atoms with Crippen molar-refractivity contribution in [1.29, 1.82) is 0 Å². The van der Waals surface area contributed by atoms with Crippen LogP contribution in [0.1, 0.15) is 11.1 Å². The zero-order valence-corrected chi connectivity index (χ0v) is 9.27. The molecule has 1 aliphatic heterocycles. The second-order valence-corrected chi connectivity index (χ2v) is 4.09. The predicted octanol–water partition coefficient (Wildman–Crippen LogP) is 2.34. The summed E-state index contributed by atoms with van der Waals surface area (Å²) in [5.41, 5.74) is 2.58. The lowest BCUT2D eigenvalue weighted by Gasteiger charge is -2.26. The van der Waals surface area contributed by atoms with Crippen molar-refractivity contribution in [3.05, 3.63) is 28.3 Å². The van der Waals surface area contributed by atoms with Crippen molar-refractivity contribution in [2.75, 3.05) is 20.7 Å². The lowest BCUT2D eigenvalue weighted by atomic mass is 10.00. The summed E-state index contributed by atoms with van der Waals surface area (Å²) in [4.78, 5) is 2.27. The van der Waals surface area contributed by atoms with Gasteiger partial charge < -0.3 is 9.64 Å². The highest BCUT2D eigenvalue weighted by Crippen LogP contribution is 2.33. The quantitative estimate of drug-likeness (QED) is 0.707. The van der Waals surface area contributed by atoms with Gasteiger partial charge in [-0.05, 0) is 30.7 Å². The number of methoxy groups -OCH3 is 1. The number of ether oxygens (including phenoxy) is 1. The van der Waals surface area contributed by atoms with E-state index in [0.717, 1.165) is 30.3 Å². The Morgan fingerprint density at radius 2 is 2.21 bits per heavy atom. The van der Waals surface area contributed by atoms with Gasteiger partial charge in [0.05, 0.1) is 12.1 Å². The molecular formula is C11H14ClNO. The number of rotatable bonds is 1. The fourth-order valence-electron chi connectivity index (χ4n) is 1.86. The highest BCUT2D eigenvalue weighted by molar-refractivity contribution is 6.33. The zero-order valence-electron chi connectivity index (χ0n) is 8.51. The maximum atomic E-state index is 6.24. The first-order valence-corrected chi connectivity index (χ1v) is 5.13. The topological polar surface area (TPSA) is 12.5 Å². The van der Waals surface area contributed by atoms with Crippen LogP contribution in [0.5, 0.6) is 5.75 Å². The monoisotopic (exact) mass is 211 g/mol. The molecule has 76 valence electrons. The van der Waals surface area contributed by atoms with Gasteiger partial charge in [0, 0.05) is 13.1 Å². The Morgan fingerprint density at radius 1 is 1.43 bits per heavy atom. The Kier molecular flexibility index (Phi) is 2.66. The first-order chi connectivity index (χ1) is 6.72. The highest BCUT2D eigenvalue weighted by atomic mass is 35.5. The van der Waals surface area contributed by atoms with E-state index in [-0.39, 0.29) is 0 Å². The maximum Gasteiger partial charge on any atom is 0.137 e. The first kappa shape index (κ1) is 9.81. The average Bonchev–Trinajstić information content (AvgIpc) is 2.20. The van der Waals surface area contributed by atoms with E-state index in [0.29, 0.717) is 0 Å². The van der Waals surface area contributed by atoms with Gasteiger partial charge in [0.25, 0.3) is 0 Å². The Bertz CT molecular complexity index is 351. The van der Waals surface area contributed by atoms with Crippen LogP contribution in [0.25, 0.3) is 0 Å². The van der Waals surface area contributed by atoms with Gasteiger partial charge >= 0.3 is 0 Å². The molecule has 0 atom stereocenters. The molecule has 1 heterocycles. The molecule has 2 rings (SSSR count). The molecule has 3 heteroatoms. The molecule has 0 unspecified atom stereocenters. The van der Waals surface area contributed by atoms with Crippen molar-refractivity contribution in [3.8, 4) is 5.75 Å². The van der Waals surface area contributed by atoms with E-state index in [4.69, 9.17) is 16.3 Å². The summed E-state index contributed by atoms with van der Waals surface area (Å²) < 4.78 is 5.20. The van der Waals surface area contributed by atoms with Crippen LogP contribution < -0.4 is 4.74 Å². The minimum absolute atomic E-state index is 0.775. The predicted molar refractivity (Wildman–Crippen MR) is 58.0 cm³/mol. The van der Waals surface area contributed by atoms with Crippen LogP contribution in [-0.2, 0) is 13.0 Å². The van der Waals surface area contributed by atoms with Crippen LogP contribution in [0, 0.1) is 0 Å². The van der Waals surface area contributed by atoms with Gasteiger partial charge in [0.1, 0.15) is 5.75 Å². The molecule has 1 aliphatic rings. The van der Waals surface area contributed by atoms with Gasteiger partial charge in [-0.2, -0.15) is 0 Å². The third-order valence-corrected chi connectivity index (χ3v) is 3.13. The molecule has 0 N–H and O–H groups in total. The number of likely N-dealkylation sites (N-methyl/N-ethyl adjacent to an activating group) is 1. The molecule has 0 aliphatic carbocycles. The molecule has 0 bridgehead atoms. The molecule has 0 fully saturated rings. The fraction of sp³-hybridized carbons (Fsp3) is 0.455. The van der Waals surface area contributed by atoms with E-state index in [1.807, 2.05) is 6.07 Å². The first-order valence-electron chi connectivity index (χ1n) is 4.75. The van der Waals surface area contributed by atoms with Crippen molar-refractivity contribution >= 4 is 11.6 Å². The molecule has 1 aromatic rings. The largest absolute Gasteiger partial charge is 0.495 e. The number of hydrogen-bond acceptors (Lipinski definition) is 2. The summed E-state index contributed by atoms with van der Waals surface area (Å²) in [6.45, 7) is 2.03. The Morgan fingerprint density at radius 3 is 2.93 bits per heavy atom. The molecule has 2 nitrogen and oxygen atoms in total. The molecular weight excluding hydrogens is 198 g/mol. The number of nitrogens with zero attached hydrogens (tertiary/aromatic N) is 1.